The van der Waals surface area contributed by atoms with Crippen molar-refractivity contribution < 1.29 is 5.11 Å². The summed E-state index contributed by atoms with van der Waals surface area (Å²) in [4.78, 5) is 2.44. The average molecular weight is 268 g/mol. The zero-order valence-corrected chi connectivity index (χ0v) is 12.8. The monoisotopic (exact) mass is 268 g/mol. The number of nitrogens with one attached hydrogen (secondary N) is 1. The van der Waals surface area contributed by atoms with Crippen LogP contribution in [0.2, 0.25) is 0 Å². The molecule has 0 amide bonds. The number of piperidine rings is 1. The molecule has 2 atom stereocenters. The van der Waals surface area contributed by atoms with Crippen LogP contribution in [0.1, 0.15) is 46.0 Å². The number of β-amino-alcohol motifs (C(OH)–C–C–N with tert-alkyl or cyclic N) is 1. The number of nitrogens with zero attached hydrogens (tertiary/aromatic N) is 1. The Bertz CT molecular complexity index is 251. The first-order valence-corrected chi connectivity index (χ1v) is 8.25. The van der Waals surface area contributed by atoms with Gasteiger partial charge in [-0.2, -0.15) is 0 Å². The summed E-state index contributed by atoms with van der Waals surface area (Å²) in [6.45, 7) is 9.30. The van der Waals surface area contributed by atoms with E-state index in [9.17, 15) is 5.11 Å². The number of rotatable bonds is 6. The summed E-state index contributed by atoms with van der Waals surface area (Å²) < 4.78 is 0. The molecule has 2 aliphatic rings. The van der Waals surface area contributed by atoms with Crippen LogP contribution in [0.15, 0.2) is 0 Å². The predicted molar refractivity (Wildman–Crippen MR) is 80.2 cm³/mol. The number of hydrogen-bond acceptors (Lipinski definition) is 3. The van der Waals surface area contributed by atoms with Crippen LogP contribution in [0.5, 0.6) is 0 Å². The molecule has 0 aromatic rings. The van der Waals surface area contributed by atoms with Crippen molar-refractivity contribution in [1.82, 2.24) is 10.2 Å². The van der Waals surface area contributed by atoms with Crippen molar-refractivity contribution in [2.75, 3.05) is 32.8 Å². The largest absolute Gasteiger partial charge is 0.395 e. The van der Waals surface area contributed by atoms with Crippen molar-refractivity contribution in [1.29, 1.82) is 0 Å². The van der Waals surface area contributed by atoms with Gasteiger partial charge in [0.05, 0.1) is 6.61 Å². The minimum absolute atomic E-state index is 0.292. The normalized spacial score (nSPS) is 30.3. The van der Waals surface area contributed by atoms with E-state index in [1.54, 1.807) is 0 Å². The summed E-state index contributed by atoms with van der Waals surface area (Å²) in [5.41, 5.74) is 0. The summed E-state index contributed by atoms with van der Waals surface area (Å²) >= 11 is 0. The van der Waals surface area contributed by atoms with Gasteiger partial charge in [0, 0.05) is 25.7 Å². The molecule has 1 saturated carbocycles. The van der Waals surface area contributed by atoms with E-state index in [0.29, 0.717) is 12.6 Å². The Labute approximate surface area is 118 Å². The third-order valence-electron chi connectivity index (χ3n) is 5.09. The van der Waals surface area contributed by atoms with Crippen molar-refractivity contribution in [3.63, 3.8) is 0 Å². The van der Waals surface area contributed by atoms with Gasteiger partial charge in [0.1, 0.15) is 0 Å². The predicted octanol–water partition coefficient (Wildman–Crippen LogP) is 2.11. The van der Waals surface area contributed by atoms with Gasteiger partial charge in [-0.05, 0) is 43.6 Å². The second kappa shape index (κ2) is 7.61. The van der Waals surface area contributed by atoms with Crippen LogP contribution in [0, 0.1) is 17.8 Å². The fourth-order valence-electron chi connectivity index (χ4n) is 3.74. The minimum Gasteiger partial charge on any atom is -0.395 e. The first-order valence-electron chi connectivity index (χ1n) is 8.25. The lowest BCUT2D eigenvalue weighted by Crippen LogP contribution is -2.51. The molecule has 2 unspecified atom stereocenters. The second-order valence-electron chi connectivity index (χ2n) is 6.98. The Hall–Kier alpha value is -0.120. The van der Waals surface area contributed by atoms with Crippen molar-refractivity contribution in [2.45, 2.75) is 52.0 Å². The molecule has 1 heterocycles. The summed E-state index contributed by atoms with van der Waals surface area (Å²) in [5, 5.41) is 13.0. The van der Waals surface area contributed by atoms with E-state index in [2.05, 4.69) is 24.1 Å². The van der Waals surface area contributed by atoms with E-state index in [-0.39, 0.29) is 0 Å². The zero-order chi connectivity index (χ0) is 13.7. The topological polar surface area (TPSA) is 35.5 Å². The van der Waals surface area contributed by atoms with Crippen LogP contribution in [-0.2, 0) is 0 Å². The Morgan fingerprint density at radius 2 is 1.95 bits per heavy atom. The molecule has 0 aromatic carbocycles. The fourth-order valence-corrected chi connectivity index (χ4v) is 3.74. The lowest BCUT2D eigenvalue weighted by Gasteiger charge is -2.40. The summed E-state index contributed by atoms with van der Waals surface area (Å²) in [6, 6.07) is 0.633. The maximum Gasteiger partial charge on any atom is 0.0558 e. The molecule has 1 aliphatic heterocycles. The Morgan fingerprint density at radius 1 is 1.21 bits per heavy atom. The highest BCUT2D eigenvalue weighted by Gasteiger charge is 2.29. The van der Waals surface area contributed by atoms with E-state index < -0.39 is 0 Å². The summed E-state index contributed by atoms with van der Waals surface area (Å²) in [5.74, 6) is 2.45. The van der Waals surface area contributed by atoms with Gasteiger partial charge >= 0.3 is 0 Å². The molecule has 0 bridgehead atoms. The van der Waals surface area contributed by atoms with Crippen molar-refractivity contribution in [3.8, 4) is 0 Å². The molecule has 0 aromatic heterocycles. The average Bonchev–Trinajstić information content (AvgIpc) is 2.89. The van der Waals surface area contributed by atoms with Crippen LogP contribution in [0.3, 0.4) is 0 Å². The molecule has 2 fully saturated rings. The van der Waals surface area contributed by atoms with Crippen LogP contribution < -0.4 is 5.32 Å². The van der Waals surface area contributed by atoms with Gasteiger partial charge in [-0.1, -0.05) is 26.7 Å². The molecular weight excluding hydrogens is 236 g/mol. The van der Waals surface area contributed by atoms with Gasteiger partial charge in [-0.3, -0.25) is 4.90 Å². The number of aliphatic hydroxyl groups is 1. The van der Waals surface area contributed by atoms with Gasteiger partial charge < -0.3 is 10.4 Å². The fraction of sp³-hybridized carbons (Fsp3) is 1.00. The first kappa shape index (κ1) is 15.3. The molecule has 3 nitrogen and oxygen atoms in total. The third-order valence-corrected chi connectivity index (χ3v) is 5.09. The van der Waals surface area contributed by atoms with Crippen LogP contribution >= 0.6 is 0 Å². The van der Waals surface area contributed by atoms with E-state index in [1.807, 2.05) is 0 Å². The molecule has 1 saturated heterocycles. The first-order chi connectivity index (χ1) is 9.19. The molecule has 19 heavy (non-hydrogen) atoms. The van der Waals surface area contributed by atoms with Crippen molar-refractivity contribution in [2.24, 2.45) is 17.8 Å². The van der Waals surface area contributed by atoms with E-state index in [1.165, 1.54) is 45.2 Å². The SMILES string of the molecule is CC(C)C1CC(NCC2CCCC2)CN(CCO)C1. The van der Waals surface area contributed by atoms with E-state index in [4.69, 9.17) is 0 Å². The Kier molecular flexibility index (Phi) is 6.11. The van der Waals surface area contributed by atoms with Crippen LogP contribution in [0.25, 0.3) is 0 Å². The maximum absolute atomic E-state index is 9.17. The standard InChI is InChI=1S/C16H32N2O/c1-13(2)15-9-16(12-18(11-15)7-8-19)17-10-14-5-3-4-6-14/h13-17,19H,3-12H2,1-2H3. The second-order valence-corrected chi connectivity index (χ2v) is 6.98. The molecule has 0 spiro atoms. The maximum atomic E-state index is 9.17. The number of hydrogen-bond donors (Lipinski definition) is 2. The molecule has 2 rings (SSSR count). The quantitative estimate of drug-likeness (QED) is 0.774. The van der Waals surface area contributed by atoms with E-state index in [0.717, 1.165) is 30.8 Å². The van der Waals surface area contributed by atoms with Gasteiger partial charge in [-0.25, -0.2) is 0 Å². The molecule has 3 heteroatoms. The van der Waals surface area contributed by atoms with Crippen LogP contribution in [-0.4, -0.2) is 48.8 Å². The van der Waals surface area contributed by atoms with Gasteiger partial charge in [-0.15, -0.1) is 0 Å². The zero-order valence-electron chi connectivity index (χ0n) is 12.8. The highest BCUT2D eigenvalue weighted by molar-refractivity contribution is 4.85. The minimum atomic E-state index is 0.292. The van der Waals surface area contributed by atoms with Gasteiger partial charge in [0.15, 0.2) is 0 Å². The molecule has 0 radical (unpaired) electrons. The van der Waals surface area contributed by atoms with E-state index >= 15 is 0 Å². The van der Waals surface area contributed by atoms with Crippen LogP contribution in [0.4, 0.5) is 0 Å². The van der Waals surface area contributed by atoms with Crippen molar-refractivity contribution in [3.05, 3.63) is 0 Å². The highest BCUT2D eigenvalue weighted by Crippen LogP contribution is 2.26. The number of likely N-dealkylation sites (tertiary alicyclic amines) is 1. The third kappa shape index (κ3) is 4.73. The molecule has 2 N–H and O–H groups in total. The smallest absolute Gasteiger partial charge is 0.0558 e. The summed E-state index contributed by atoms with van der Waals surface area (Å²) in [6.07, 6.45) is 7.03. The van der Waals surface area contributed by atoms with Gasteiger partial charge in [0.25, 0.3) is 0 Å². The molecule has 1 aliphatic carbocycles. The molecule has 112 valence electrons. The highest BCUT2D eigenvalue weighted by atomic mass is 16.3. The lowest BCUT2D eigenvalue weighted by atomic mass is 9.85. The molecular formula is C16H32N2O. The Morgan fingerprint density at radius 3 is 2.58 bits per heavy atom. The van der Waals surface area contributed by atoms with Gasteiger partial charge in [0.2, 0.25) is 0 Å². The van der Waals surface area contributed by atoms with Crippen molar-refractivity contribution >= 4 is 0 Å². The summed E-state index contributed by atoms with van der Waals surface area (Å²) in [7, 11) is 0. The number of aliphatic hydroxyl groups excluding tert-OH is 1. The Balaban J connectivity index is 1.79. The lowest BCUT2D eigenvalue weighted by molar-refractivity contribution is 0.0953.